The summed E-state index contributed by atoms with van der Waals surface area (Å²) in [4.78, 5) is 67.8. The smallest absolute Gasteiger partial charge is 0.327 e. The Morgan fingerprint density at radius 1 is 0.588 bits per heavy atom. The van der Waals surface area contributed by atoms with Gasteiger partial charge in [-0.3, -0.25) is 39.2 Å². The summed E-state index contributed by atoms with van der Waals surface area (Å²) in [5, 5.41) is 0. The quantitative estimate of drug-likeness (QED) is 0.559. The number of carbonyl (C=O) groups excluding carboxylic acids is 4. The number of nitrogens with zero attached hydrogens (tertiary/aromatic N) is 8. The van der Waals surface area contributed by atoms with E-state index in [9.17, 15) is 19.2 Å². The molecule has 7 fully saturated rings. The van der Waals surface area contributed by atoms with Crippen molar-refractivity contribution < 1.29 is 28.7 Å². The molecule has 0 unspecified atom stereocenters. The van der Waals surface area contributed by atoms with Crippen molar-refractivity contribution in [3.05, 3.63) is 0 Å². The van der Waals surface area contributed by atoms with Crippen molar-refractivity contribution in [1.82, 2.24) is 39.2 Å². The summed E-state index contributed by atoms with van der Waals surface area (Å²) in [7, 11) is 0. The molecular weight excluding hydrogens is 448 g/mol. The molecule has 7 aliphatic heterocycles. The predicted octanol–water partition coefficient (Wildman–Crippen LogP) is 0.113. The Hall–Kier alpha value is -3.00. The van der Waals surface area contributed by atoms with Gasteiger partial charge in [-0.15, -0.1) is 0 Å². The number of carbonyl (C=O) groups is 4. The van der Waals surface area contributed by atoms with Gasteiger partial charge in [-0.25, -0.2) is 19.2 Å². The summed E-state index contributed by atoms with van der Waals surface area (Å²) in [6.45, 7) is 8.07. The summed E-state index contributed by atoms with van der Waals surface area (Å²) in [5.74, 6) is -0.226. The van der Waals surface area contributed by atoms with Crippen LogP contribution in [0.1, 0.15) is 27.7 Å². The van der Waals surface area contributed by atoms with E-state index < -0.39 is 23.7 Å². The van der Waals surface area contributed by atoms with Gasteiger partial charge >= 0.3 is 24.1 Å². The van der Waals surface area contributed by atoms with Crippen molar-refractivity contribution in [2.24, 2.45) is 11.8 Å². The van der Waals surface area contributed by atoms with Gasteiger partial charge in [-0.2, -0.15) is 0 Å². The maximum absolute atomic E-state index is 13.7. The summed E-state index contributed by atoms with van der Waals surface area (Å²) >= 11 is 0. The second-order valence-corrected chi connectivity index (χ2v) is 10.6. The molecule has 0 radical (unpaired) electrons. The Balaban J connectivity index is 1.43. The van der Waals surface area contributed by atoms with E-state index in [0.717, 1.165) is 0 Å². The summed E-state index contributed by atoms with van der Waals surface area (Å²) in [6, 6.07) is -1.16. The van der Waals surface area contributed by atoms with E-state index in [1.54, 1.807) is 39.2 Å². The third-order valence-corrected chi connectivity index (χ3v) is 8.77. The SMILES string of the molecule is CC(C)[C@]12[C@H]3N4CN5C(=O)N6COCN7C(=O)N(CN3C(=O)N1COCN2C4=O)[C@@H]5[C@]76C(C)C. The van der Waals surface area contributed by atoms with Crippen LogP contribution in [0, 0.1) is 11.8 Å². The third-order valence-electron chi connectivity index (χ3n) is 8.77. The molecule has 7 rings (SSSR count). The van der Waals surface area contributed by atoms with E-state index in [2.05, 4.69) is 0 Å². The van der Waals surface area contributed by atoms with E-state index in [0.29, 0.717) is 0 Å². The largest absolute Gasteiger partial charge is 0.340 e. The molecule has 184 valence electrons. The maximum atomic E-state index is 13.7. The minimum atomic E-state index is -0.945. The minimum Gasteiger partial charge on any atom is -0.340 e. The second kappa shape index (κ2) is 5.97. The molecule has 7 aliphatic rings. The third kappa shape index (κ3) is 1.78. The van der Waals surface area contributed by atoms with Gasteiger partial charge in [-0.1, -0.05) is 27.7 Å². The summed E-state index contributed by atoms with van der Waals surface area (Å²) in [5.41, 5.74) is -1.89. The van der Waals surface area contributed by atoms with Crippen LogP contribution in [0.4, 0.5) is 19.2 Å². The van der Waals surface area contributed by atoms with Crippen LogP contribution in [-0.4, -0.2) is 127 Å². The topological polar surface area (TPSA) is 113 Å². The van der Waals surface area contributed by atoms with Gasteiger partial charge in [0.1, 0.15) is 40.3 Å². The Kier molecular flexibility index (Phi) is 3.58. The van der Waals surface area contributed by atoms with E-state index in [1.807, 2.05) is 27.7 Å². The standard InChI is InChI=1S/C20H28N8O6/c1-11(2)19-13-21-5-23-14-20(12(3)4)27(17(23)31)9-34-10-28(20)18(32)24(14)6-22(13)16(30)26(19)8-33-7-25(19)15(21)29/h11-14H,5-10H2,1-4H3/t13-,14+,19+,20-. The highest BCUT2D eigenvalue weighted by molar-refractivity contribution is 5.90. The zero-order valence-electron chi connectivity index (χ0n) is 19.6. The zero-order valence-corrected chi connectivity index (χ0v) is 19.6. The number of hydrogen-bond donors (Lipinski definition) is 0. The number of ether oxygens (including phenoxy) is 2. The molecule has 14 nitrogen and oxygen atoms in total. The molecule has 0 spiro atoms. The van der Waals surface area contributed by atoms with Crippen LogP contribution < -0.4 is 0 Å². The van der Waals surface area contributed by atoms with Gasteiger partial charge in [0, 0.05) is 0 Å². The molecule has 0 saturated carbocycles. The van der Waals surface area contributed by atoms with Crippen LogP contribution in [0.2, 0.25) is 0 Å². The number of rotatable bonds is 2. The van der Waals surface area contributed by atoms with Crippen LogP contribution in [0.15, 0.2) is 0 Å². The molecule has 0 aliphatic carbocycles. The fourth-order valence-corrected chi connectivity index (χ4v) is 7.56. The lowest BCUT2D eigenvalue weighted by atomic mass is 9.90. The number of hydrogen-bond acceptors (Lipinski definition) is 6. The van der Waals surface area contributed by atoms with Crippen molar-refractivity contribution in [3.63, 3.8) is 0 Å². The number of amides is 8. The van der Waals surface area contributed by atoms with Crippen molar-refractivity contribution in [3.8, 4) is 0 Å². The van der Waals surface area contributed by atoms with Crippen molar-refractivity contribution >= 4 is 24.1 Å². The predicted molar refractivity (Wildman–Crippen MR) is 110 cm³/mol. The fraction of sp³-hybridized carbons (Fsp3) is 0.800. The lowest BCUT2D eigenvalue weighted by molar-refractivity contribution is -0.171. The Morgan fingerprint density at radius 3 is 1.09 bits per heavy atom. The lowest BCUT2D eigenvalue weighted by Crippen LogP contribution is -2.68. The second-order valence-electron chi connectivity index (χ2n) is 10.6. The first-order valence-corrected chi connectivity index (χ1v) is 11.7. The molecule has 0 bridgehead atoms. The molecule has 0 aromatic heterocycles. The van der Waals surface area contributed by atoms with Gasteiger partial charge < -0.3 is 9.47 Å². The van der Waals surface area contributed by atoms with Crippen molar-refractivity contribution in [2.45, 2.75) is 51.4 Å². The van der Waals surface area contributed by atoms with Crippen molar-refractivity contribution in [1.29, 1.82) is 0 Å². The highest BCUT2D eigenvalue weighted by Crippen LogP contribution is 2.54. The average molecular weight is 476 g/mol. The first-order chi connectivity index (χ1) is 16.2. The van der Waals surface area contributed by atoms with Crippen LogP contribution in [-0.2, 0) is 9.47 Å². The minimum absolute atomic E-state index is 0.0435. The Bertz CT molecular complexity index is 895. The Morgan fingerprint density at radius 2 is 0.853 bits per heavy atom. The molecule has 34 heavy (non-hydrogen) atoms. The van der Waals surface area contributed by atoms with Crippen LogP contribution in [0.3, 0.4) is 0 Å². The highest BCUT2D eigenvalue weighted by Gasteiger charge is 2.77. The first kappa shape index (κ1) is 20.4. The highest BCUT2D eigenvalue weighted by atomic mass is 16.5. The molecular formula is C20H28N8O6. The van der Waals surface area contributed by atoms with Crippen LogP contribution >= 0.6 is 0 Å². The first-order valence-electron chi connectivity index (χ1n) is 11.7. The molecule has 0 aromatic rings. The molecule has 7 heterocycles. The van der Waals surface area contributed by atoms with Crippen LogP contribution in [0.5, 0.6) is 0 Å². The monoisotopic (exact) mass is 476 g/mol. The molecule has 8 amide bonds. The van der Waals surface area contributed by atoms with E-state index in [4.69, 9.17) is 9.47 Å². The van der Waals surface area contributed by atoms with Gasteiger partial charge in [0.25, 0.3) is 0 Å². The van der Waals surface area contributed by atoms with Gasteiger partial charge in [-0.05, 0) is 11.8 Å². The molecule has 0 N–H and O–H groups in total. The normalized spacial score (nSPS) is 38.2. The van der Waals surface area contributed by atoms with E-state index in [1.165, 1.54) is 0 Å². The van der Waals surface area contributed by atoms with Crippen molar-refractivity contribution in [2.75, 3.05) is 40.3 Å². The number of urea groups is 4. The zero-order chi connectivity index (χ0) is 23.9. The lowest BCUT2D eigenvalue weighted by Gasteiger charge is -2.48. The maximum Gasteiger partial charge on any atom is 0.327 e. The van der Waals surface area contributed by atoms with E-state index >= 15 is 0 Å². The van der Waals surface area contributed by atoms with Crippen LogP contribution in [0.25, 0.3) is 0 Å². The fourth-order valence-electron chi connectivity index (χ4n) is 7.56. The molecule has 0 aromatic carbocycles. The van der Waals surface area contributed by atoms with E-state index in [-0.39, 0.29) is 76.2 Å². The summed E-state index contributed by atoms with van der Waals surface area (Å²) in [6.07, 6.45) is -1.32. The molecule has 0 atom stereocenters. The average Bonchev–Trinajstić information content (AvgIpc) is 3.39. The molecule has 14 heteroatoms. The van der Waals surface area contributed by atoms with Gasteiger partial charge in [0.15, 0.2) is 23.7 Å². The molecule has 7 saturated heterocycles. The summed E-state index contributed by atoms with van der Waals surface area (Å²) < 4.78 is 11.3. The Labute approximate surface area is 196 Å². The van der Waals surface area contributed by atoms with Gasteiger partial charge in [0.2, 0.25) is 0 Å². The van der Waals surface area contributed by atoms with Gasteiger partial charge in [0.05, 0.1) is 0 Å².